The molecular formula is C17H30N2O. The summed E-state index contributed by atoms with van der Waals surface area (Å²) >= 11 is 0. The van der Waals surface area contributed by atoms with Crippen molar-refractivity contribution >= 4 is 5.69 Å². The summed E-state index contributed by atoms with van der Waals surface area (Å²) in [7, 11) is 0. The maximum atomic E-state index is 9.65. The Morgan fingerprint density at radius 3 is 2.30 bits per heavy atom. The Bertz CT molecular complexity index is 388. The van der Waals surface area contributed by atoms with Crippen LogP contribution in [0.25, 0.3) is 0 Å². The first-order valence-electron chi connectivity index (χ1n) is 7.60. The minimum atomic E-state index is -0.216. The highest BCUT2D eigenvalue weighted by Gasteiger charge is 2.24. The second-order valence-corrected chi connectivity index (χ2v) is 6.18. The van der Waals surface area contributed by atoms with Crippen molar-refractivity contribution in [2.75, 3.05) is 24.6 Å². The van der Waals surface area contributed by atoms with Crippen LogP contribution in [0.4, 0.5) is 5.69 Å². The number of aryl methyl sites for hydroxylation is 1. The lowest BCUT2D eigenvalue weighted by Gasteiger charge is -2.34. The third-order valence-electron chi connectivity index (χ3n) is 3.70. The fourth-order valence-electron chi connectivity index (χ4n) is 2.50. The van der Waals surface area contributed by atoms with Gasteiger partial charge >= 0.3 is 0 Å². The van der Waals surface area contributed by atoms with Gasteiger partial charge in [-0.3, -0.25) is 0 Å². The molecule has 0 fully saturated rings. The molecule has 1 rings (SSSR count). The molecule has 3 nitrogen and oxygen atoms in total. The van der Waals surface area contributed by atoms with Crippen molar-refractivity contribution in [1.82, 2.24) is 5.32 Å². The number of hydrogen-bond donors (Lipinski definition) is 2. The summed E-state index contributed by atoms with van der Waals surface area (Å²) in [6.45, 7) is 12.7. The minimum Gasteiger partial charge on any atom is -0.394 e. The first-order valence-corrected chi connectivity index (χ1v) is 7.60. The van der Waals surface area contributed by atoms with E-state index in [4.69, 9.17) is 0 Å². The van der Waals surface area contributed by atoms with Crippen molar-refractivity contribution in [3.8, 4) is 0 Å². The zero-order valence-corrected chi connectivity index (χ0v) is 13.6. The third kappa shape index (κ3) is 5.14. The van der Waals surface area contributed by atoms with E-state index in [-0.39, 0.29) is 12.1 Å². The third-order valence-corrected chi connectivity index (χ3v) is 3.70. The Labute approximate surface area is 124 Å². The predicted octanol–water partition coefficient (Wildman–Crippen LogP) is 2.96. The minimum absolute atomic E-state index is 0.163. The summed E-state index contributed by atoms with van der Waals surface area (Å²) in [4.78, 5) is 2.36. The van der Waals surface area contributed by atoms with Gasteiger partial charge in [0.2, 0.25) is 0 Å². The molecule has 1 aromatic rings. The van der Waals surface area contributed by atoms with Crippen molar-refractivity contribution in [3.63, 3.8) is 0 Å². The van der Waals surface area contributed by atoms with Gasteiger partial charge in [0, 0.05) is 30.4 Å². The smallest absolute Gasteiger partial charge is 0.0611 e. The van der Waals surface area contributed by atoms with Crippen LogP contribution in [-0.4, -0.2) is 36.4 Å². The van der Waals surface area contributed by atoms with E-state index in [1.165, 1.54) is 11.3 Å². The van der Waals surface area contributed by atoms with Gasteiger partial charge in [0.1, 0.15) is 0 Å². The number of benzene rings is 1. The van der Waals surface area contributed by atoms with Crippen molar-refractivity contribution < 1.29 is 5.11 Å². The molecule has 0 radical (unpaired) electrons. The number of aliphatic hydroxyl groups excluding tert-OH is 1. The summed E-state index contributed by atoms with van der Waals surface area (Å²) < 4.78 is 0. The highest BCUT2D eigenvalue weighted by Crippen LogP contribution is 2.18. The van der Waals surface area contributed by atoms with Gasteiger partial charge in [-0.1, -0.05) is 31.5 Å². The van der Waals surface area contributed by atoms with Crippen LogP contribution < -0.4 is 10.2 Å². The fourth-order valence-corrected chi connectivity index (χ4v) is 2.50. The Morgan fingerprint density at radius 2 is 1.85 bits per heavy atom. The lowest BCUT2D eigenvalue weighted by Crippen LogP contribution is -2.51. The second kappa shape index (κ2) is 7.65. The average molecular weight is 278 g/mol. The topological polar surface area (TPSA) is 35.5 Å². The summed E-state index contributed by atoms with van der Waals surface area (Å²) in [5, 5.41) is 13.1. The van der Waals surface area contributed by atoms with E-state index >= 15 is 0 Å². The van der Waals surface area contributed by atoms with Crippen LogP contribution >= 0.6 is 0 Å². The van der Waals surface area contributed by atoms with E-state index in [1.54, 1.807) is 0 Å². The Kier molecular flexibility index (Phi) is 6.50. The van der Waals surface area contributed by atoms with Gasteiger partial charge < -0.3 is 15.3 Å². The molecule has 0 spiro atoms. The van der Waals surface area contributed by atoms with Crippen LogP contribution in [0.1, 0.15) is 39.7 Å². The zero-order chi connectivity index (χ0) is 15.2. The molecule has 0 bridgehead atoms. The maximum absolute atomic E-state index is 9.65. The summed E-state index contributed by atoms with van der Waals surface area (Å²) in [5.41, 5.74) is 2.32. The Hall–Kier alpha value is -1.06. The van der Waals surface area contributed by atoms with Gasteiger partial charge in [-0.25, -0.2) is 0 Å². The highest BCUT2D eigenvalue weighted by molar-refractivity contribution is 5.47. The number of aliphatic hydroxyl groups is 1. The SMILES string of the molecule is CCN(CCC(C)(CO)NC(C)C)c1ccc(C)cc1. The van der Waals surface area contributed by atoms with Crippen LogP contribution in [0, 0.1) is 6.92 Å². The fraction of sp³-hybridized carbons (Fsp3) is 0.647. The monoisotopic (exact) mass is 278 g/mol. The van der Waals surface area contributed by atoms with Crippen LogP contribution in [0.2, 0.25) is 0 Å². The van der Waals surface area contributed by atoms with Crippen molar-refractivity contribution in [3.05, 3.63) is 29.8 Å². The number of hydrogen-bond acceptors (Lipinski definition) is 3. The molecule has 2 N–H and O–H groups in total. The Balaban J connectivity index is 2.66. The van der Waals surface area contributed by atoms with E-state index in [1.807, 2.05) is 0 Å². The molecule has 0 heterocycles. The number of anilines is 1. The molecule has 1 unspecified atom stereocenters. The van der Waals surface area contributed by atoms with Crippen molar-refractivity contribution in [2.24, 2.45) is 0 Å². The van der Waals surface area contributed by atoms with Gasteiger partial charge in [0.15, 0.2) is 0 Å². The van der Waals surface area contributed by atoms with E-state index in [0.29, 0.717) is 6.04 Å². The summed E-state index contributed by atoms with van der Waals surface area (Å²) in [6, 6.07) is 9.02. The molecule has 0 aliphatic rings. The number of rotatable bonds is 8. The molecule has 114 valence electrons. The molecule has 0 aromatic heterocycles. The molecule has 0 amide bonds. The van der Waals surface area contributed by atoms with E-state index in [9.17, 15) is 5.11 Å². The molecular weight excluding hydrogens is 248 g/mol. The van der Waals surface area contributed by atoms with Gasteiger partial charge in [-0.05, 0) is 39.3 Å². The largest absolute Gasteiger partial charge is 0.394 e. The Morgan fingerprint density at radius 1 is 1.25 bits per heavy atom. The van der Waals surface area contributed by atoms with E-state index in [2.05, 4.69) is 69.1 Å². The zero-order valence-electron chi connectivity index (χ0n) is 13.6. The van der Waals surface area contributed by atoms with Crippen molar-refractivity contribution in [2.45, 2.75) is 52.6 Å². The molecule has 3 heteroatoms. The second-order valence-electron chi connectivity index (χ2n) is 6.18. The normalized spacial score (nSPS) is 14.3. The molecule has 0 aliphatic carbocycles. The summed E-state index contributed by atoms with van der Waals surface area (Å²) in [6.07, 6.45) is 0.920. The lowest BCUT2D eigenvalue weighted by atomic mass is 9.97. The van der Waals surface area contributed by atoms with Gasteiger partial charge in [0.05, 0.1) is 6.61 Å². The average Bonchev–Trinajstić information content (AvgIpc) is 2.40. The first-order chi connectivity index (χ1) is 9.40. The van der Waals surface area contributed by atoms with E-state index in [0.717, 1.165) is 19.5 Å². The number of nitrogens with one attached hydrogen (secondary N) is 1. The van der Waals surface area contributed by atoms with Crippen molar-refractivity contribution in [1.29, 1.82) is 0 Å². The van der Waals surface area contributed by atoms with Crippen LogP contribution in [0.15, 0.2) is 24.3 Å². The van der Waals surface area contributed by atoms with Crippen LogP contribution in [-0.2, 0) is 0 Å². The van der Waals surface area contributed by atoms with Gasteiger partial charge in [-0.15, -0.1) is 0 Å². The van der Waals surface area contributed by atoms with E-state index < -0.39 is 0 Å². The highest BCUT2D eigenvalue weighted by atomic mass is 16.3. The first kappa shape index (κ1) is 17.0. The quantitative estimate of drug-likeness (QED) is 0.767. The molecule has 0 saturated heterocycles. The lowest BCUT2D eigenvalue weighted by molar-refractivity contribution is 0.158. The molecule has 0 saturated carbocycles. The van der Waals surface area contributed by atoms with Gasteiger partial charge in [0.25, 0.3) is 0 Å². The number of nitrogens with zero attached hydrogens (tertiary/aromatic N) is 1. The summed E-state index contributed by atoms with van der Waals surface area (Å²) in [5.74, 6) is 0. The maximum Gasteiger partial charge on any atom is 0.0611 e. The molecule has 20 heavy (non-hydrogen) atoms. The molecule has 1 aromatic carbocycles. The van der Waals surface area contributed by atoms with Gasteiger partial charge in [-0.2, -0.15) is 0 Å². The predicted molar refractivity (Wildman–Crippen MR) is 87.4 cm³/mol. The standard InChI is InChI=1S/C17H30N2O/c1-6-19(16-9-7-15(4)8-10-16)12-11-17(5,13-20)18-14(2)3/h7-10,14,18,20H,6,11-13H2,1-5H3. The molecule has 0 aliphatic heterocycles. The molecule has 1 atom stereocenters. The van der Waals surface area contributed by atoms with Crippen LogP contribution in [0.5, 0.6) is 0 Å². The van der Waals surface area contributed by atoms with Crippen LogP contribution in [0.3, 0.4) is 0 Å².